The number of hydrogen-bond acceptors (Lipinski definition) is 5. The molecule has 2 bridgehead atoms. The maximum Gasteiger partial charge on any atom is 0.351 e. The summed E-state index contributed by atoms with van der Waals surface area (Å²) in [6, 6.07) is 5.01. The summed E-state index contributed by atoms with van der Waals surface area (Å²) in [4.78, 5) is 25.2. The van der Waals surface area contributed by atoms with Crippen LogP contribution in [-0.4, -0.2) is 19.2 Å². The molecular formula is C21H23BrO5. The molecule has 5 nitrogen and oxygen atoms in total. The van der Waals surface area contributed by atoms with Crippen LogP contribution < -0.4 is 10.4 Å². The van der Waals surface area contributed by atoms with Gasteiger partial charge in [-0.15, -0.1) is 0 Å². The summed E-state index contributed by atoms with van der Waals surface area (Å²) in [5, 5.41) is 0.604. The van der Waals surface area contributed by atoms with Crippen molar-refractivity contribution in [2.75, 3.05) is 7.11 Å². The number of fused-ring (bicyclic) bond motifs is 3. The third kappa shape index (κ3) is 2.64. The molecule has 0 saturated heterocycles. The average Bonchev–Trinajstić information content (AvgIpc) is 2.94. The third-order valence-corrected chi connectivity index (χ3v) is 7.62. The third-order valence-electron chi connectivity index (χ3n) is 7.17. The maximum atomic E-state index is 12.8. The zero-order valence-corrected chi connectivity index (χ0v) is 17.5. The molecule has 2 aliphatic carbocycles. The van der Waals surface area contributed by atoms with Crippen molar-refractivity contribution in [1.29, 1.82) is 0 Å². The van der Waals surface area contributed by atoms with Crippen LogP contribution >= 0.6 is 15.9 Å². The number of carbonyl (C=O) groups is 1. The summed E-state index contributed by atoms with van der Waals surface area (Å²) < 4.78 is 17.3. The molecule has 2 aliphatic rings. The van der Waals surface area contributed by atoms with Gasteiger partial charge < -0.3 is 13.9 Å². The van der Waals surface area contributed by atoms with Gasteiger partial charge in [-0.3, -0.25) is 0 Å². The minimum Gasteiger partial charge on any atom is -0.493 e. The van der Waals surface area contributed by atoms with Gasteiger partial charge >= 0.3 is 11.6 Å². The Kier molecular flexibility index (Phi) is 4.18. The second-order valence-electron chi connectivity index (χ2n) is 8.48. The molecule has 2 fully saturated rings. The summed E-state index contributed by atoms with van der Waals surface area (Å²) in [7, 11) is 1.50. The van der Waals surface area contributed by atoms with E-state index in [0.29, 0.717) is 22.6 Å². The first-order valence-corrected chi connectivity index (χ1v) is 9.99. The Morgan fingerprint density at radius 3 is 2.59 bits per heavy atom. The van der Waals surface area contributed by atoms with Gasteiger partial charge in [0.05, 0.1) is 7.11 Å². The van der Waals surface area contributed by atoms with E-state index in [1.165, 1.54) is 19.6 Å². The van der Waals surface area contributed by atoms with Crippen LogP contribution in [0.25, 0.3) is 11.0 Å². The van der Waals surface area contributed by atoms with Crippen LogP contribution in [0.3, 0.4) is 0 Å². The fourth-order valence-corrected chi connectivity index (χ4v) is 5.42. The van der Waals surface area contributed by atoms with E-state index >= 15 is 0 Å². The van der Waals surface area contributed by atoms with Gasteiger partial charge in [-0.1, -0.05) is 36.7 Å². The number of methoxy groups -OCH3 is 1. The molecule has 0 amide bonds. The predicted molar refractivity (Wildman–Crippen MR) is 105 cm³/mol. The highest BCUT2D eigenvalue weighted by Gasteiger charge is 2.62. The van der Waals surface area contributed by atoms with Crippen molar-refractivity contribution in [3.8, 4) is 5.75 Å². The van der Waals surface area contributed by atoms with Gasteiger partial charge in [0, 0.05) is 15.3 Å². The first-order valence-electron chi connectivity index (χ1n) is 9.20. The van der Waals surface area contributed by atoms with Crippen LogP contribution in [-0.2, 0) is 4.74 Å². The Labute approximate surface area is 166 Å². The molecule has 1 heterocycles. The molecule has 2 saturated carbocycles. The average molecular weight is 435 g/mol. The Morgan fingerprint density at radius 2 is 2.00 bits per heavy atom. The van der Waals surface area contributed by atoms with Gasteiger partial charge in [-0.2, -0.15) is 0 Å². The number of esters is 1. The lowest BCUT2D eigenvalue weighted by molar-refractivity contribution is -0.0245. The smallest absolute Gasteiger partial charge is 0.351 e. The molecule has 6 heteroatoms. The van der Waals surface area contributed by atoms with Gasteiger partial charge in [0.1, 0.15) is 11.7 Å². The SMILES string of the molecule is COc1cc(Br)cc2cc(C(=O)O[C@@H]3C[C@@H]4CC[C@@]3(C)C4(C)C)c(=O)oc12. The van der Waals surface area contributed by atoms with Crippen LogP contribution in [0.15, 0.2) is 31.9 Å². The quantitative estimate of drug-likeness (QED) is 0.505. The maximum absolute atomic E-state index is 12.8. The molecule has 2 aromatic rings. The first-order chi connectivity index (χ1) is 12.7. The Bertz CT molecular complexity index is 992. The number of halogens is 1. The fraction of sp³-hybridized carbons (Fsp3) is 0.524. The number of hydrogen-bond donors (Lipinski definition) is 0. The van der Waals surface area contributed by atoms with Crippen LogP contribution in [0, 0.1) is 16.7 Å². The molecule has 0 spiro atoms. The Hall–Kier alpha value is -1.82. The van der Waals surface area contributed by atoms with E-state index < -0.39 is 11.6 Å². The predicted octanol–water partition coefficient (Wildman–Crippen LogP) is 4.94. The van der Waals surface area contributed by atoms with Crippen LogP contribution in [0.5, 0.6) is 5.75 Å². The van der Waals surface area contributed by atoms with Crippen molar-refractivity contribution in [2.45, 2.75) is 46.1 Å². The van der Waals surface area contributed by atoms with Crippen molar-refractivity contribution < 1.29 is 18.7 Å². The number of rotatable bonds is 3. The van der Waals surface area contributed by atoms with E-state index in [9.17, 15) is 9.59 Å². The van der Waals surface area contributed by atoms with E-state index in [1.54, 1.807) is 12.1 Å². The second-order valence-corrected chi connectivity index (χ2v) is 9.39. The molecular weight excluding hydrogens is 412 g/mol. The van der Waals surface area contributed by atoms with Crippen molar-refractivity contribution >= 4 is 32.9 Å². The van der Waals surface area contributed by atoms with E-state index in [1.807, 2.05) is 0 Å². The summed E-state index contributed by atoms with van der Waals surface area (Å²) in [6.07, 6.45) is 2.89. The molecule has 27 heavy (non-hydrogen) atoms. The molecule has 4 rings (SSSR count). The van der Waals surface area contributed by atoms with Gasteiger partial charge in [0.15, 0.2) is 11.3 Å². The van der Waals surface area contributed by atoms with E-state index in [-0.39, 0.29) is 22.5 Å². The van der Waals surface area contributed by atoms with Crippen LogP contribution in [0.4, 0.5) is 0 Å². The molecule has 0 radical (unpaired) electrons. The van der Waals surface area contributed by atoms with Gasteiger partial charge in [0.2, 0.25) is 0 Å². The summed E-state index contributed by atoms with van der Waals surface area (Å²) in [6.45, 7) is 6.71. The van der Waals surface area contributed by atoms with Crippen LogP contribution in [0.2, 0.25) is 0 Å². The van der Waals surface area contributed by atoms with Crippen molar-refractivity contribution in [2.24, 2.45) is 16.7 Å². The lowest BCUT2D eigenvalue weighted by Gasteiger charge is -2.38. The standard InChI is InChI=1S/C21H23BrO5/c1-20(2)12-5-6-21(20,3)16(9-12)26-18(23)14-8-11-7-13(22)10-15(25-4)17(11)27-19(14)24/h7-8,10,12,16H,5-6,9H2,1-4H3/t12-,16+,21+/m0/s1. The van der Waals surface area contributed by atoms with Gasteiger partial charge in [-0.05, 0) is 48.8 Å². The zero-order chi connectivity index (χ0) is 19.6. The number of carbonyl (C=O) groups excluding carboxylic acids is 1. The first kappa shape index (κ1) is 18.5. The molecule has 0 unspecified atom stereocenters. The van der Waals surface area contributed by atoms with Crippen molar-refractivity contribution in [3.05, 3.63) is 38.7 Å². The highest BCUT2D eigenvalue weighted by atomic mass is 79.9. The molecule has 3 atom stereocenters. The monoisotopic (exact) mass is 434 g/mol. The Balaban J connectivity index is 1.68. The highest BCUT2D eigenvalue weighted by Crippen LogP contribution is 2.66. The normalized spacial score (nSPS) is 28.5. The lowest BCUT2D eigenvalue weighted by atomic mass is 9.70. The second kappa shape index (κ2) is 6.09. The van der Waals surface area contributed by atoms with E-state index in [2.05, 4.69) is 36.7 Å². The number of benzene rings is 1. The number of ether oxygens (including phenoxy) is 2. The molecule has 0 aliphatic heterocycles. The van der Waals surface area contributed by atoms with E-state index in [4.69, 9.17) is 13.9 Å². The Morgan fingerprint density at radius 1 is 1.26 bits per heavy atom. The molecule has 144 valence electrons. The van der Waals surface area contributed by atoms with E-state index in [0.717, 1.165) is 17.3 Å². The molecule has 1 aromatic heterocycles. The van der Waals surface area contributed by atoms with Crippen LogP contribution in [0.1, 0.15) is 50.4 Å². The zero-order valence-electron chi connectivity index (χ0n) is 15.9. The fourth-order valence-electron chi connectivity index (χ4n) is 4.96. The van der Waals surface area contributed by atoms with Crippen molar-refractivity contribution in [3.63, 3.8) is 0 Å². The van der Waals surface area contributed by atoms with Crippen molar-refractivity contribution in [1.82, 2.24) is 0 Å². The molecule has 1 aromatic carbocycles. The summed E-state index contributed by atoms with van der Waals surface area (Å²) >= 11 is 3.40. The lowest BCUT2D eigenvalue weighted by Crippen LogP contribution is -2.38. The topological polar surface area (TPSA) is 65.7 Å². The minimum atomic E-state index is -0.708. The highest BCUT2D eigenvalue weighted by molar-refractivity contribution is 9.10. The van der Waals surface area contributed by atoms with Gasteiger partial charge in [0.25, 0.3) is 0 Å². The minimum absolute atomic E-state index is 0.0589. The van der Waals surface area contributed by atoms with Gasteiger partial charge in [-0.25, -0.2) is 9.59 Å². The summed E-state index contributed by atoms with van der Waals surface area (Å²) in [5.41, 5.74) is -0.399. The largest absolute Gasteiger partial charge is 0.493 e. The molecule has 0 N–H and O–H groups in total. The summed E-state index contributed by atoms with van der Waals surface area (Å²) in [5.74, 6) is 0.367.